The highest BCUT2D eigenvalue weighted by molar-refractivity contribution is 6.33. The highest BCUT2D eigenvalue weighted by Gasteiger charge is 2.32. The fourth-order valence-electron chi connectivity index (χ4n) is 3.00. The minimum Gasteiger partial charge on any atom is -0.332 e. The first-order chi connectivity index (χ1) is 15.6. The molecule has 4 rings (SSSR count). The lowest BCUT2D eigenvalue weighted by atomic mass is 10.1. The first kappa shape index (κ1) is 22.1. The first-order valence-corrected chi connectivity index (χ1v) is 9.64. The van der Waals surface area contributed by atoms with E-state index in [1.807, 2.05) is 25.1 Å². The van der Waals surface area contributed by atoms with E-state index in [9.17, 15) is 23.3 Å². The maximum Gasteiger partial charge on any atom is 0.417 e. The van der Waals surface area contributed by atoms with E-state index >= 15 is 0 Å². The van der Waals surface area contributed by atoms with Crippen LogP contribution in [0.4, 0.5) is 42.0 Å². The van der Waals surface area contributed by atoms with Gasteiger partial charge in [-0.2, -0.15) is 13.2 Å². The SMILES string of the molecule is Cc1ccc2cccc(Nc3ncnc(Nc4ncc(C(F)(F)F)cc4Cl)c3[N+](=O)[O-])c2n1. The van der Waals surface area contributed by atoms with Crippen LogP contribution in [0, 0.1) is 17.0 Å². The third-order valence-electron chi connectivity index (χ3n) is 4.52. The summed E-state index contributed by atoms with van der Waals surface area (Å²) in [6.07, 6.45) is -3.03. The number of pyridine rings is 2. The summed E-state index contributed by atoms with van der Waals surface area (Å²) in [5, 5.41) is 17.7. The third kappa shape index (κ3) is 4.60. The van der Waals surface area contributed by atoms with Crippen molar-refractivity contribution in [1.29, 1.82) is 0 Å². The van der Waals surface area contributed by atoms with Gasteiger partial charge in [-0.3, -0.25) is 15.1 Å². The normalized spacial score (nSPS) is 11.4. The fourth-order valence-corrected chi connectivity index (χ4v) is 3.22. The molecule has 4 aromatic rings. The van der Waals surface area contributed by atoms with Gasteiger partial charge < -0.3 is 10.6 Å². The van der Waals surface area contributed by atoms with Crippen LogP contribution in [-0.4, -0.2) is 24.9 Å². The number of nitrogens with one attached hydrogen (secondary N) is 2. The standard InChI is InChI=1S/C20H13ClF3N7O2/c1-10-5-6-11-3-2-4-14(15(11)28-10)29-18-16(31(32)33)19(27-9-26-18)30-17-13(21)7-12(8-25-17)20(22,23)24/h2-9H,1H3,(H2,25,26,27,29,30). The Morgan fingerprint density at radius 3 is 2.42 bits per heavy atom. The van der Waals surface area contributed by atoms with Crippen LogP contribution in [0.3, 0.4) is 0 Å². The summed E-state index contributed by atoms with van der Waals surface area (Å²) >= 11 is 5.90. The summed E-state index contributed by atoms with van der Waals surface area (Å²) in [7, 11) is 0. The number of alkyl halides is 3. The van der Waals surface area contributed by atoms with Gasteiger partial charge in [0.1, 0.15) is 6.33 Å². The van der Waals surface area contributed by atoms with E-state index in [0.717, 1.165) is 17.4 Å². The van der Waals surface area contributed by atoms with Crippen molar-refractivity contribution < 1.29 is 18.1 Å². The molecule has 0 bridgehead atoms. The summed E-state index contributed by atoms with van der Waals surface area (Å²) in [6, 6.07) is 9.63. The minimum atomic E-state index is -4.64. The van der Waals surface area contributed by atoms with Gasteiger partial charge in [-0.1, -0.05) is 29.8 Å². The van der Waals surface area contributed by atoms with Gasteiger partial charge in [-0.05, 0) is 25.1 Å². The quantitative estimate of drug-likeness (QED) is 0.275. The van der Waals surface area contributed by atoms with Crippen molar-refractivity contribution in [3.63, 3.8) is 0 Å². The van der Waals surface area contributed by atoms with Crippen molar-refractivity contribution in [2.24, 2.45) is 0 Å². The zero-order valence-corrected chi connectivity index (χ0v) is 17.4. The highest BCUT2D eigenvalue weighted by Crippen LogP contribution is 2.37. The molecule has 13 heteroatoms. The van der Waals surface area contributed by atoms with Gasteiger partial charge in [0.05, 0.1) is 26.7 Å². The molecular weight excluding hydrogens is 463 g/mol. The average molecular weight is 476 g/mol. The van der Waals surface area contributed by atoms with Crippen LogP contribution in [0.5, 0.6) is 0 Å². The van der Waals surface area contributed by atoms with Gasteiger partial charge in [0.2, 0.25) is 11.6 Å². The molecule has 0 unspecified atom stereocenters. The van der Waals surface area contributed by atoms with Crippen molar-refractivity contribution in [2.75, 3.05) is 10.6 Å². The second-order valence-electron chi connectivity index (χ2n) is 6.81. The zero-order chi connectivity index (χ0) is 23.8. The Hall–Kier alpha value is -4.06. The largest absolute Gasteiger partial charge is 0.417 e. The van der Waals surface area contributed by atoms with Crippen molar-refractivity contribution >= 4 is 51.3 Å². The topological polar surface area (TPSA) is 119 Å². The molecule has 0 aliphatic rings. The number of hydrogen-bond acceptors (Lipinski definition) is 8. The number of halogens is 4. The number of fused-ring (bicyclic) bond motifs is 1. The monoisotopic (exact) mass is 475 g/mol. The minimum absolute atomic E-state index is 0.156. The first-order valence-electron chi connectivity index (χ1n) is 9.26. The van der Waals surface area contributed by atoms with E-state index in [0.29, 0.717) is 23.5 Å². The molecule has 0 radical (unpaired) electrons. The summed E-state index contributed by atoms with van der Waals surface area (Å²) in [5.41, 5.74) is 0.178. The van der Waals surface area contributed by atoms with E-state index < -0.39 is 22.4 Å². The third-order valence-corrected chi connectivity index (χ3v) is 4.81. The average Bonchev–Trinajstić information content (AvgIpc) is 2.75. The molecule has 3 heterocycles. The number of aromatic nitrogens is 4. The van der Waals surface area contributed by atoms with E-state index in [-0.39, 0.29) is 22.5 Å². The number of aryl methyl sites for hydroxylation is 1. The summed E-state index contributed by atoms with van der Waals surface area (Å²) in [6.45, 7) is 1.81. The lowest BCUT2D eigenvalue weighted by Crippen LogP contribution is -2.09. The molecule has 168 valence electrons. The Balaban J connectivity index is 1.74. The van der Waals surface area contributed by atoms with Gasteiger partial charge in [-0.15, -0.1) is 0 Å². The predicted molar refractivity (Wildman–Crippen MR) is 116 cm³/mol. The molecule has 3 aromatic heterocycles. The van der Waals surface area contributed by atoms with Crippen molar-refractivity contribution in [2.45, 2.75) is 13.1 Å². The maximum atomic E-state index is 12.8. The number of para-hydroxylation sites is 1. The van der Waals surface area contributed by atoms with E-state index in [1.165, 1.54) is 0 Å². The number of nitrogens with zero attached hydrogens (tertiary/aromatic N) is 5. The number of hydrogen-bond donors (Lipinski definition) is 2. The molecule has 0 atom stereocenters. The molecular formula is C20H13ClF3N7O2. The van der Waals surface area contributed by atoms with Gasteiger partial charge in [0.15, 0.2) is 5.82 Å². The van der Waals surface area contributed by atoms with Crippen molar-refractivity contribution in [3.8, 4) is 0 Å². The molecule has 0 saturated carbocycles. The van der Waals surface area contributed by atoms with E-state index in [2.05, 4.69) is 30.6 Å². The van der Waals surface area contributed by atoms with Gasteiger partial charge in [-0.25, -0.2) is 15.0 Å². The zero-order valence-electron chi connectivity index (χ0n) is 16.7. The lowest BCUT2D eigenvalue weighted by Gasteiger charge is -2.13. The summed E-state index contributed by atoms with van der Waals surface area (Å²) in [4.78, 5) is 27.0. The van der Waals surface area contributed by atoms with E-state index in [4.69, 9.17) is 11.6 Å². The Kier molecular flexibility index (Phi) is 5.68. The molecule has 0 aliphatic carbocycles. The van der Waals surface area contributed by atoms with Gasteiger partial charge in [0, 0.05) is 17.3 Å². The molecule has 0 amide bonds. The van der Waals surface area contributed by atoms with Crippen LogP contribution in [0.15, 0.2) is 48.9 Å². The smallest absolute Gasteiger partial charge is 0.332 e. The van der Waals surface area contributed by atoms with E-state index in [1.54, 1.807) is 12.1 Å². The van der Waals surface area contributed by atoms with Gasteiger partial charge in [0.25, 0.3) is 0 Å². The molecule has 0 spiro atoms. The van der Waals surface area contributed by atoms with Crippen molar-refractivity contribution in [3.05, 3.63) is 75.3 Å². The summed E-state index contributed by atoms with van der Waals surface area (Å²) < 4.78 is 38.5. The van der Waals surface area contributed by atoms with Crippen LogP contribution in [-0.2, 0) is 6.18 Å². The number of anilines is 4. The van der Waals surface area contributed by atoms with Crippen LogP contribution < -0.4 is 10.6 Å². The molecule has 0 fully saturated rings. The predicted octanol–water partition coefficient (Wildman–Crippen LogP) is 5.80. The number of nitro groups is 1. The van der Waals surface area contributed by atoms with Crippen LogP contribution in [0.25, 0.3) is 10.9 Å². The maximum absolute atomic E-state index is 12.8. The molecule has 0 aliphatic heterocycles. The fraction of sp³-hybridized carbons (Fsp3) is 0.100. The molecule has 1 aromatic carbocycles. The molecule has 33 heavy (non-hydrogen) atoms. The Morgan fingerprint density at radius 2 is 1.76 bits per heavy atom. The Bertz CT molecular complexity index is 1380. The lowest BCUT2D eigenvalue weighted by molar-refractivity contribution is -0.383. The van der Waals surface area contributed by atoms with Crippen molar-refractivity contribution in [1.82, 2.24) is 19.9 Å². The molecule has 0 saturated heterocycles. The highest BCUT2D eigenvalue weighted by atomic mass is 35.5. The van der Waals surface area contributed by atoms with Crippen LogP contribution >= 0.6 is 11.6 Å². The number of rotatable bonds is 5. The second-order valence-corrected chi connectivity index (χ2v) is 7.22. The summed E-state index contributed by atoms with van der Waals surface area (Å²) in [5.74, 6) is -0.702. The Labute approximate surface area is 188 Å². The molecule has 2 N–H and O–H groups in total. The van der Waals surface area contributed by atoms with Crippen LogP contribution in [0.1, 0.15) is 11.3 Å². The second kappa shape index (κ2) is 8.47. The number of benzene rings is 1. The Morgan fingerprint density at radius 1 is 1.03 bits per heavy atom. The molecule has 9 nitrogen and oxygen atoms in total. The van der Waals surface area contributed by atoms with Crippen LogP contribution in [0.2, 0.25) is 5.02 Å². The van der Waals surface area contributed by atoms with Gasteiger partial charge >= 0.3 is 11.9 Å².